The fourth-order valence-electron chi connectivity index (χ4n) is 1.72. The summed E-state index contributed by atoms with van der Waals surface area (Å²) in [6, 6.07) is 1.80. The normalized spacial score (nSPS) is 11.5. The molecule has 0 spiro atoms. The minimum absolute atomic E-state index is 0.00307. The van der Waals surface area contributed by atoms with Crippen molar-refractivity contribution in [3.05, 3.63) is 20.3 Å². The highest BCUT2D eigenvalue weighted by atomic mass is 79.9. The largest absolute Gasteiger partial charge is 0.481 e. The molecule has 0 saturated heterocycles. The maximum atomic E-state index is 12.1. The average Bonchev–Trinajstić information content (AvgIpc) is 2.41. The van der Waals surface area contributed by atoms with E-state index in [0.29, 0.717) is 5.56 Å². The maximum absolute atomic E-state index is 12.1. The molecule has 1 aromatic rings. The van der Waals surface area contributed by atoms with E-state index in [1.165, 1.54) is 11.3 Å². The number of hydrogen-bond donors (Lipinski definition) is 1. The number of ketones is 1. The van der Waals surface area contributed by atoms with Crippen LogP contribution in [0.3, 0.4) is 0 Å². The van der Waals surface area contributed by atoms with E-state index in [4.69, 9.17) is 5.11 Å². The number of carbonyl (C=O) groups excluding carboxylic acids is 1. The summed E-state index contributed by atoms with van der Waals surface area (Å²) in [7, 11) is 0. The fourth-order valence-corrected chi connectivity index (χ4v) is 3.43. The molecule has 1 N–H and O–H groups in total. The van der Waals surface area contributed by atoms with Gasteiger partial charge in [0, 0.05) is 16.9 Å². The molecule has 1 aromatic heterocycles. The molecule has 0 radical (unpaired) electrons. The van der Waals surface area contributed by atoms with Crippen molar-refractivity contribution in [2.45, 2.75) is 33.6 Å². The topological polar surface area (TPSA) is 54.4 Å². The van der Waals surface area contributed by atoms with Gasteiger partial charge in [-0.25, -0.2) is 0 Å². The minimum Gasteiger partial charge on any atom is -0.481 e. The van der Waals surface area contributed by atoms with E-state index in [1.54, 1.807) is 19.9 Å². The second-order valence-corrected chi connectivity index (χ2v) is 7.49. The molecular formula is C12H15BrO3S. The van der Waals surface area contributed by atoms with Gasteiger partial charge in [0.15, 0.2) is 5.78 Å². The molecule has 0 atom stereocenters. The van der Waals surface area contributed by atoms with Crippen LogP contribution in [-0.2, 0) is 4.79 Å². The van der Waals surface area contributed by atoms with Gasteiger partial charge in [0.2, 0.25) is 0 Å². The highest BCUT2D eigenvalue weighted by molar-refractivity contribution is 9.11. The lowest BCUT2D eigenvalue weighted by Gasteiger charge is -2.21. The van der Waals surface area contributed by atoms with Gasteiger partial charge in [-0.15, -0.1) is 11.3 Å². The first kappa shape index (κ1) is 14.4. The van der Waals surface area contributed by atoms with Crippen molar-refractivity contribution < 1.29 is 14.7 Å². The van der Waals surface area contributed by atoms with Crippen molar-refractivity contribution in [2.24, 2.45) is 5.41 Å². The molecule has 0 unspecified atom stereocenters. The van der Waals surface area contributed by atoms with Crippen LogP contribution in [0.2, 0.25) is 0 Å². The second kappa shape index (κ2) is 5.31. The van der Waals surface area contributed by atoms with E-state index in [2.05, 4.69) is 15.9 Å². The molecule has 0 fully saturated rings. The molecule has 0 aliphatic carbocycles. The number of halogens is 1. The van der Waals surface area contributed by atoms with Crippen molar-refractivity contribution in [1.82, 2.24) is 0 Å². The van der Waals surface area contributed by atoms with Crippen molar-refractivity contribution in [2.75, 3.05) is 0 Å². The van der Waals surface area contributed by atoms with Crippen LogP contribution in [-0.4, -0.2) is 16.9 Å². The van der Waals surface area contributed by atoms with Crippen LogP contribution < -0.4 is 0 Å². The minimum atomic E-state index is -0.869. The average molecular weight is 319 g/mol. The Kier molecular flexibility index (Phi) is 4.49. The van der Waals surface area contributed by atoms with Crippen LogP contribution in [0.1, 0.15) is 41.9 Å². The summed E-state index contributed by atoms with van der Waals surface area (Å²) in [5, 5.41) is 8.77. The molecule has 1 rings (SSSR count). The van der Waals surface area contributed by atoms with E-state index in [-0.39, 0.29) is 18.6 Å². The third-order valence-electron chi connectivity index (χ3n) is 2.46. The van der Waals surface area contributed by atoms with Crippen LogP contribution >= 0.6 is 27.3 Å². The lowest BCUT2D eigenvalue weighted by molar-refractivity contribution is -0.139. The van der Waals surface area contributed by atoms with Crippen molar-refractivity contribution in [3.63, 3.8) is 0 Å². The summed E-state index contributed by atoms with van der Waals surface area (Å²) >= 11 is 4.86. The Bertz CT molecular complexity index is 449. The predicted molar refractivity (Wildman–Crippen MR) is 71.7 cm³/mol. The molecule has 0 aliphatic heterocycles. The SMILES string of the molecule is Cc1sc(Br)cc1C(=O)CC(C)(C)CC(=O)O. The van der Waals surface area contributed by atoms with Crippen molar-refractivity contribution >= 4 is 39.0 Å². The Balaban J connectivity index is 2.79. The predicted octanol–water partition coefficient (Wildman–Crippen LogP) is 3.89. The fraction of sp³-hybridized carbons (Fsp3) is 0.500. The van der Waals surface area contributed by atoms with Gasteiger partial charge in [0.1, 0.15) is 0 Å². The Hall–Kier alpha value is -0.680. The van der Waals surface area contributed by atoms with Crippen LogP contribution in [0.4, 0.5) is 0 Å². The summed E-state index contributed by atoms with van der Waals surface area (Å²) in [6.07, 6.45) is 0.256. The summed E-state index contributed by atoms with van der Waals surface area (Å²) in [4.78, 5) is 23.7. The van der Waals surface area contributed by atoms with Gasteiger partial charge >= 0.3 is 5.97 Å². The third-order valence-corrected chi connectivity index (χ3v) is 4.01. The lowest BCUT2D eigenvalue weighted by atomic mass is 9.82. The highest BCUT2D eigenvalue weighted by Crippen LogP contribution is 2.31. The molecular weight excluding hydrogens is 304 g/mol. The first-order chi connectivity index (χ1) is 7.71. The quantitative estimate of drug-likeness (QED) is 0.838. The van der Waals surface area contributed by atoms with Gasteiger partial charge in [0.25, 0.3) is 0 Å². The molecule has 0 saturated carbocycles. The number of carboxylic acid groups (broad SMARTS) is 1. The first-order valence-electron chi connectivity index (χ1n) is 5.22. The second-order valence-electron chi connectivity index (χ2n) is 4.86. The van der Waals surface area contributed by atoms with E-state index in [0.717, 1.165) is 8.66 Å². The molecule has 17 heavy (non-hydrogen) atoms. The van der Waals surface area contributed by atoms with E-state index in [1.807, 2.05) is 6.92 Å². The van der Waals surface area contributed by atoms with E-state index < -0.39 is 11.4 Å². The van der Waals surface area contributed by atoms with Gasteiger partial charge in [-0.2, -0.15) is 0 Å². The van der Waals surface area contributed by atoms with Crippen molar-refractivity contribution in [1.29, 1.82) is 0 Å². The monoisotopic (exact) mass is 318 g/mol. The molecule has 5 heteroatoms. The molecule has 1 heterocycles. The van der Waals surface area contributed by atoms with Crippen LogP contribution in [0.25, 0.3) is 0 Å². The van der Waals surface area contributed by atoms with Gasteiger partial charge < -0.3 is 5.11 Å². The molecule has 0 aliphatic rings. The van der Waals surface area contributed by atoms with Crippen LogP contribution in [0.15, 0.2) is 9.85 Å². The van der Waals surface area contributed by atoms with Gasteiger partial charge in [-0.05, 0) is 34.3 Å². The Morgan fingerprint density at radius 1 is 1.41 bits per heavy atom. The number of carbonyl (C=O) groups is 2. The first-order valence-corrected chi connectivity index (χ1v) is 6.83. The van der Waals surface area contributed by atoms with E-state index in [9.17, 15) is 9.59 Å². The number of thiophene rings is 1. The Labute approximate surface area is 113 Å². The molecule has 0 bridgehead atoms. The zero-order valence-corrected chi connectivity index (χ0v) is 12.4. The molecule has 3 nitrogen and oxygen atoms in total. The molecule has 94 valence electrons. The molecule has 0 aromatic carbocycles. The lowest BCUT2D eigenvalue weighted by Crippen LogP contribution is -2.21. The number of aliphatic carboxylic acids is 1. The number of Topliss-reactive ketones (excluding diaryl/α,β-unsaturated/α-hetero) is 1. The Morgan fingerprint density at radius 3 is 2.41 bits per heavy atom. The summed E-state index contributed by atoms with van der Waals surface area (Å²) in [5.74, 6) is -0.860. The number of hydrogen-bond acceptors (Lipinski definition) is 3. The third kappa shape index (κ3) is 4.24. The number of carboxylic acids is 1. The van der Waals surface area contributed by atoms with Gasteiger partial charge in [0.05, 0.1) is 10.2 Å². The zero-order chi connectivity index (χ0) is 13.2. The van der Waals surface area contributed by atoms with Gasteiger partial charge in [-0.1, -0.05) is 13.8 Å². The highest BCUT2D eigenvalue weighted by Gasteiger charge is 2.26. The summed E-state index contributed by atoms with van der Waals surface area (Å²) in [5.41, 5.74) is 0.185. The number of rotatable bonds is 5. The molecule has 0 amide bonds. The Morgan fingerprint density at radius 2 is 2.00 bits per heavy atom. The van der Waals surface area contributed by atoms with Crippen LogP contribution in [0.5, 0.6) is 0 Å². The van der Waals surface area contributed by atoms with E-state index >= 15 is 0 Å². The summed E-state index contributed by atoms with van der Waals surface area (Å²) < 4.78 is 0.925. The standard InChI is InChI=1S/C12H15BrO3S/c1-7-8(4-10(13)17-7)9(14)5-12(2,3)6-11(15)16/h4H,5-6H2,1-3H3,(H,15,16). The summed E-state index contributed by atoms with van der Waals surface area (Å²) in [6.45, 7) is 5.50. The number of aryl methyl sites for hydroxylation is 1. The van der Waals surface area contributed by atoms with Crippen molar-refractivity contribution in [3.8, 4) is 0 Å². The maximum Gasteiger partial charge on any atom is 0.303 e. The van der Waals surface area contributed by atoms with Crippen LogP contribution in [0, 0.1) is 12.3 Å². The smallest absolute Gasteiger partial charge is 0.303 e. The zero-order valence-electron chi connectivity index (χ0n) is 10.0. The van der Waals surface area contributed by atoms with Gasteiger partial charge in [-0.3, -0.25) is 9.59 Å².